The Morgan fingerprint density at radius 3 is 2.95 bits per heavy atom. The molecule has 0 bridgehead atoms. The molecule has 1 aliphatic heterocycles. The minimum absolute atomic E-state index is 0.444. The summed E-state index contributed by atoms with van der Waals surface area (Å²) in [6.07, 6.45) is 5.11. The highest BCUT2D eigenvalue weighted by Gasteiger charge is 2.20. The summed E-state index contributed by atoms with van der Waals surface area (Å²) < 4.78 is 0. The predicted molar refractivity (Wildman–Crippen MR) is 85.9 cm³/mol. The number of fused-ring (bicyclic) bond motifs is 1. The average molecular weight is 290 g/mol. The molecule has 1 unspecified atom stereocenters. The second-order valence-electron chi connectivity index (χ2n) is 5.71. The van der Waals surface area contributed by atoms with Gasteiger partial charge in [0.2, 0.25) is 0 Å². The summed E-state index contributed by atoms with van der Waals surface area (Å²) in [7, 11) is 0. The molecule has 21 heavy (non-hydrogen) atoms. The van der Waals surface area contributed by atoms with Crippen molar-refractivity contribution in [2.45, 2.75) is 45.1 Å². The van der Waals surface area contributed by atoms with Gasteiger partial charge in [0, 0.05) is 18.8 Å². The maximum atomic E-state index is 11.3. The molecule has 0 saturated heterocycles. The van der Waals surface area contributed by atoms with Crippen LogP contribution >= 0.6 is 0 Å². The first kappa shape index (κ1) is 15.8. The number of carbonyl (C=O) groups is 1. The Morgan fingerprint density at radius 1 is 1.38 bits per heavy atom. The van der Waals surface area contributed by atoms with Crippen molar-refractivity contribution in [3.8, 4) is 0 Å². The second-order valence-corrected chi connectivity index (χ2v) is 5.71. The van der Waals surface area contributed by atoms with Gasteiger partial charge in [-0.1, -0.05) is 25.1 Å². The standard InChI is InChI=1S/C17H26N2O2/c1-2-11-18-15(17(20)21)10-13-19-12-6-5-8-14-7-3-4-9-16(14)19/h3-4,7,9,15,18H,2,5-6,8,10-13H2,1H3,(H,20,21). The number of aliphatic carboxylic acids is 1. The molecule has 2 rings (SSSR count). The van der Waals surface area contributed by atoms with Gasteiger partial charge in [-0.05, 0) is 50.3 Å². The molecule has 0 spiro atoms. The summed E-state index contributed by atoms with van der Waals surface area (Å²) in [5.74, 6) is -0.744. The van der Waals surface area contributed by atoms with E-state index < -0.39 is 12.0 Å². The van der Waals surface area contributed by atoms with Crippen LogP contribution in [0.4, 0.5) is 5.69 Å². The zero-order chi connectivity index (χ0) is 15.1. The Morgan fingerprint density at radius 2 is 2.19 bits per heavy atom. The third kappa shape index (κ3) is 4.46. The van der Waals surface area contributed by atoms with Gasteiger partial charge < -0.3 is 15.3 Å². The molecular weight excluding hydrogens is 264 g/mol. The number of hydrogen-bond donors (Lipinski definition) is 2. The Hall–Kier alpha value is -1.55. The fourth-order valence-corrected chi connectivity index (χ4v) is 2.92. The molecule has 116 valence electrons. The van der Waals surface area contributed by atoms with E-state index in [1.54, 1.807) is 0 Å². The molecule has 0 saturated carbocycles. The van der Waals surface area contributed by atoms with E-state index in [0.717, 1.165) is 32.5 Å². The number of nitrogens with one attached hydrogen (secondary N) is 1. The predicted octanol–water partition coefficient (Wildman–Crippen LogP) is 2.67. The lowest BCUT2D eigenvalue weighted by atomic mass is 10.1. The van der Waals surface area contributed by atoms with E-state index in [1.165, 1.54) is 24.1 Å². The Kier molecular flexibility index (Phi) is 6.05. The molecular formula is C17H26N2O2. The second kappa shape index (κ2) is 8.03. The number of carboxylic acid groups (broad SMARTS) is 1. The van der Waals surface area contributed by atoms with Crippen molar-refractivity contribution in [1.82, 2.24) is 5.32 Å². The molecule has 4 heteroatoms. The van der Waals surface area contributed by atoms with E-state index in [9.17, 15) is 9.90 Å². The molecule has 0 aromatic heterocycles. The third-order valence-corrected chi connectivity index (χ3v) is 4.08. The highest BCUT2D eigenvalue weighted by Crippen LogP contribution is 2.26. The topological polar surface area (TPSA) is 52.6 Å². The van der Waals surface area contributed by atoms with Crippen LogP contribution in [0.5, 0.6) is 0 Å². The van der Waals surface area contributed by atoms with E-state index in [2.05, 4.69) is 41.4 Å². The summed E-state index contributed by atoms with van der Waals surface area (Å²) in [5, 5.41) is 12.4. The number of aryl methyl sites for hydroxylation is 1. The summed E-state index contributed by atoms with van der Waals surface area (Å²) in [6, 6.07) is 8.07. The van der Waals surface area contributed by atoms with Gasteiger partial charge in [0.1, 0.15) is 6.04 Å². The maximum absolute atomic E-state index is 11.3. The smallest absolute Gasteiger partial charge is 0.320 e. The first-order valence-electron chi connectivity index (χ1n) is 8.01. The van der Waals surface area contributed by atoms with Crippen LogP contribution in [0.1, 0.15) is 38.2 Å². The monoisotopic (exact) mass is 290 g/mol. The fourth-order valence-electron chi connectivity index (χ4n) is 2.92. The molecule has 0 amide bonds. The number of para-hydroxylation sites is 1. The van der Waals surface area contributed by atoms with Crippen molar-refractivity contribution >= 4 is 11.7 Å². The highest BCUT2D eigenvalue weighted by atomic mass is 16.4. The van der Waals surface area contributed by atoms with Crippen LogP contribution in [0.15, 0.2) is 24.3 Å². The summed E-state index contributed by atoms with van der Waals surface area (Å²) in [6.45, 7) is 4.63. The lowest BCUT2D eigenvalue weighted by Crippen LogP contribution is -2.40. The number of benzene rings is 1. The van der Waals surface area contributed by atoms with Crippen molar-refractivity contribution in [3.63, 3.8) is 0 Å². The van der Waals surface area contributed by atoms with Gasteiger partial charge in [0.15, 0.2) is 0 Å². The SMILES string of the molecule is CCCNC(CCN1CCCCc2ccccc21)C(=O)O. The van der Waals surface area contributed by atoms with Gasteiger partial charge in [0.25, 0.3) is 0 Å². The third-order valence-electron chi connectivity index (χ3n) is 4.08. The fraction of sp³-hybridized carbons (Fsp3) is 0.588. The van der Waals surface area contributed by atoms with Gasteiger partial charge >= 0.3 is 5.97 Å². The Labute approximate surface area is 127 Å². The molecule has 0 radical (unpaired) electrons. The lowest BCUT2D eigenvalue weighted by molar-refractivity contribution is -0.139. The first-order chi connectivity index (χ1) is 10.2. The summed E-state index contributed by atoms with van der Waals surface area (Å²) in [4.78, 5) is 13.7. The Bertz CT molecular complexity index is 462. The molecule has 1 aliphatic rings. The quantitative estimate of drug-likeness (QED) is 0.810. The number of rotatable bonds is 7. The van der Waals surface area contributed by atoms with Crippen LogP contribution in [0, 0.1) is 0 Å². The maximum Gasteiger partial charge on any atom is 0.320 e. The molecule has 0 fully saturated rings. The van der Waals surface area contributed by atoms with Gasteiger partial charge in [-0.2, -0.15) is 0 Å². The first-order valence-corrected chi connectivity index (χ1v) is 8.01. The summed E-state index contributed by atoms with van der Waals surface area (Å²) in [5.41, 5.74) is 2.68. The minimum atomic E-state index is -0.744. The number of anilines is 1. The van der Waals surface area contributed by atoms with Crippen LogP contribution in [0.3, 0.4) is 0 Å². The van der Waals surface area contributed by atoms with Crippen LogP contribution < -0.4 is 10.2 Å². The van der Waals surface area contributed by atoms with E-state index in [-0.39, 0.29) is 0 Å². The van der Waals surface area contributed by atoms with Gasteiger partial charge in [-0.25, -0.2) is 0 Å². The molecule has 2 N–H and O–H groups in total. The van der Waals surface area contributed by atoms with E-state index >= 15 is 0 Å². The molecule has 0 aliphatic carbocycles. The minimum Gasteiger partial charge on any atom is -0.480 e. The molecule has 1 atom stereocenters. The molecule has 4 nitrogen and oxygen atoms in total. The van der Waals surface area contributed by atoms with Crippen molar-refractivity contribution in [2.24, 2.45) is 0 Å². The van der Waals surface area contributed by atoms with E-state index in [0.29, 0.717) is 6.42 Å². The van der Waals surface area contributed by atoms with Crippen molar-refractivity contribution in [1.29, 1.82) is 0 Å². The largest absolute Gasteiger partial charge is 0.480 e. The number of nitrogens with zero attached hydrogens (tertiary/aromatic N) is 1. The van der Waals surface area contributed by atoms with E-state index in [4.69, 9.17) is 0 Å². The van der Waals surface area contributed by atoms with Gasteiger partial charge in [-0.15, -0.1) is 0 Å². The van der Waals surface area contributed by atoms with Gasteiger partial charge in [-0.3, -0.25) is 4.79 Å². The summed E-state index contributed by atoms with van der Waals surface area (Å²) >= 11 is 0. The van der Waals surface area contributed by atoms with Crippen molar-refractivity contribution in [3.05, 3.63) is 29.8 Å². The van der Waals surface area contributed by atoms with Crippen molar-refractivity contribution in [2.75, 3.05) is 24.5 Å². The molecule has 1 aromatic rings. The van der Waals surface area contributed by atoms with Gasteiger partial charge in [0.05, 0.1) is 0 Å². The van der Waals surface area contributed by atoms with E-state index in [1.807, 2.05) is 0 Å². The average Bonchev–Trinajstić information content (AvgIpc) is 2.69. The lowest BCUT2D eigenvalue weighted by Gasteiger charge is -2.26. The highest BCUT2D eigenvalue weighted by molar-refractivity contribution is 5.73. The van der Waals surface area contributed by atoms with Crippen LogP contribution in [-0.2, 0) is 11.2 Å². The Balaban J connectivity index is 1.99. The normalized spacial score (nSPS) is 16.1. The van der Waals surface area contributed by atoms with Crippen molar-refractivity contribution < 1.29 is 9.90 Å². The van der Waals surface area contributed by atoms with Crippen LogP contribution in [-0.4, -0.2) is 36.8 Å². The number of carboxylic acids is 1. The zero-order valence-corrected chi connectivity index (χ0v) is 12.8. The molecule has 1 heterocycles. The number of hydrogen-bond acceptors (Lipinski definition) is 3. The zero-order valence-electron chi connectivity index (χ0n) is 12.8. The molecule has 1 aromatic carbocycles. The van der Waals surface area contributed by atoms with Crippen LogP contribution in [0.2, 0.25) is 0 Å². The van der Waals surface area contributed by atoms with Crippen LogP contribution in [0.25, 0.3) is 0 Å².